The number of nitrogens with zero attached hydrogens (tertiary/aromatic N) is 2. The van der Waals surface area contributed by atoms with Gasteiger partial charge in [0, 0.05) is 25.7 Å². The van der Waals surface area contributed by atoms with Crippen LogP contribution < -0.4 is 25.5 Å². The molecular weight excluding hydrogens is 705 g/mol. The van der Waals surface area contributed by atoms with Gasteiger partial charge in [0.2, 0.25) is 0 Å². The summed E-state index contributed by atoms with van der Waals surface area (Å²) in [6, 6.07) is 72.4. The third kappa shape index (κ3) is 5.04. The molecule has 10 aromatic rings. The Balaban J connectivity index is 1.14. The van der Waals surface area contributed by atoms with Crippen LogP contribution in [0.2, 0.25) is 0 Å². The molecule has 0 amide bonds. The molecule has 3 heterocycles. The predicted octanol–water partition coefficient (Wildman–Crippen LogP) is 10.00. The first-order chi connectivity index (χ1) is 27.3. The fourth-order valence-electron chi connectivity index (χ4n) is 8.80. The number of imidazole rings is 1. The van der Waals surface area contributed by atoms with Gasteiger partial charge in [0.15, 0.2) is 8.07 Å². The van der Waals surface area contributed by atoms with Crippen LogP contribution in [0.1, 0.15) is 5.56 Å². The lowest BCUT2D eigenvalue weighted by Crippen LogP contribution is -2.74. The lowest BCUT2D eigenvalue weighted by Gasteiger charge is -2.35. The van der Waals surface area contributed by atoms with Crippen molar-refractivity contribution in [3.05, 3.63) is 200 Å². The van der Waals surface area contributed by atoms with E-state index in [0.29, 0.717) is 12.6 Å². The molecule has 8 aromatic carbocycles. The minimum absolute atomic E-state index is 0.528. The summed E-state index contributed by atoms with van der Waals surface area (Å²) >= 11 is 1.87. The zero-order valence-corrected chi connectivity index (χ0v) is 31.7. The molecule has 1 aliphatic rings. The van der Waals surface area contributed by atoms with E-state index in [4.69, 9.17) is 9.72 Å². The fourth-order valence-corrected chi connectivity index (χ4v) is 14.8. The second-order valence-electron chi connectivity index (χ2n) is 14.3. The molecule has 11 rings (SSSR count). The highest BCUT2D eigenvalue weighted by Gasteiger charge is 2.41. The van der Waals surface area contributed by atoms with E-state index in [2.05, 4.69) is 199 Å². The molecule has 5 heteroatoms. The second kappa shape index (κ2) is 12.8. The van der Waals surface area contributed by atoms with Crippen LogP contribution in [0.15, 0.2) is 194 Å². The van der Waals surface area contributed by atoms with Crippen molar-refractivity contribution in [2.24, 2.45) is 0 Å². The Kier molecular flexibility index (Phi) is 7.44. The lowest BCUT2D eigenvalue weighted by atomic mass is 10.00. The van der Waals surface area contributed by atoms with Crippen molar-refractivity contribution >= 4 is 71.4 Å². The largest absolute Gasteiger partial charge is 0.459 e. The molecule has 3 nitrogen and oxygen atoms in total. The molecule has 0 saturated heterocycles. The highest BCUT2D eigenvalue weighted by atomic mass is 32.1. The molecule has 0 unspecified atom stereocenters. The lowest BCUT2D eigenvalue weighted by molar-refractivity contribution is 0.265. The average Bonchev–Trinajstić information content (AvgIpc) is 3.84. The molecule has 260 valence electrons. The van der Waals surface area contributed by atoms with Crippen molar-refractivity contribution < 1.29 is 4.74 Å². The Bertz CT molecular complexity index is 3020. The maximum absolute atomic E-state index is 6.13. The van der Waals surface area contributed by atoms with Crippen LogP contribution >= 0.6 is 11.3 Å². The van der Waals surface area contributed by atoms with E-state index in [1.807, 2.05) is 11.3 Å². The molecule has 0 N–H and O–H groups in total. The maximum atomic E-state index is 6.13. The minimum atomic E-state index is -2.88. The van der Waals surface area contributed by atoms with Crippen molar-refractivity contribution in [2.75, 3.05) is 0 Å². The molecule has 55 heavy (non-hydrogen) atoms. The highest BCUT2D eigenvalue weighted by molar-refractivity contribution is 7.26. The van der Waals surface area contributed by atoms with Crippen molar-refractivity contribution in [3.63, 3.8) is 0 Å². The molecule has 0 saturated carbocycles. The number of hydrogen-bond donors (Lipinski definition) is 0. The van der Waals surface area contributed by atoms with Gasteiger partial charge in [-0.2, -0.15) is 4.98 Å². The second-order valence-corrected chi connectivity index (χ2v) is 19.2. The molecule has 0 radical (unpaired) electrons. The van der Waals surface area contributed by atoms with E-state index >= 15 is 0 Å². The average molecular weight is 739 g/mol. The van der Waals surface area contributed by atoms with E-state index in [-0.39, 0.29) is 0 Å². The molecule has 0 aliphatic carbocycles. The summed E-state index contributed by atoms with van der Waals surface area (Å²) in [6.07, 6.45) is 0. The summed E-state index contributed by atoms with van der Waals surface area (Å²) in [7, 11) is -2.88. The standard InChI is InChI=1S/C50H34N2OSSi/c1-3-17-38(18-4-1)55(39-19-5-2-6-20-39,41-22-12-16-36(31-41)42-24-13-27-48-49(42)43-23-8-10-26-47(43)54-48)40-21-11-15-34(30-40)35-28-29-44-46(32-35)52-45-25-9-7-14-37(45)33-53-50(52)51-44/h1-32H,33H2. The van der Waals surface area contributed by atoms with E-state index in [0.717, 1.165) is 27.8 Å². The normalized spacial score (nSPS) is 12.4. The quantitative estimate of drug-likeness (QED) is 0.126. The molecule has 0 fully saturated rings. The van der Waals surface area contributed by atoms with Gasteiger partial charge in [0.1, 0.15) is 6.61 Å². The van der Waals surface area contributed by atoms with Crippen LogP contribution in [0.4, 0.5) is 0 Å². The summed E-state index contributed by atoms with van der Waals surface area (Å²) in [4.78, 5) is 4.88. The van der Waals surface area contributed by atoms with Gasteiger partial charge in [0.05, 0.1) is 16.7 Å². The first kappa shape index (κ1) is 31.9. The summed E-state index contributed by atoms with van der Waals surface area (Å²) in [5, 5.41) is 8.04. The number of para-hydroxylation sites is 1. The Morgan fingerprint density at radius 1 is 0.509 bits per heavy atom. The molecule has 1 aliphatic heterocycles. The van der Waals surface area contributed by atoms with Crippen LogP contribution in [0.3, 0.4) is 0 Å². The van der Waals surface area contributed by atoms with E-state index in [9.17, 15) is 0 Å². The van der Waals surface area contributed by atoms with Crippen molar-refractivity contribution in [1.82, 2.24) is 9.55 Å². The van der Waals surface area contributed by atoms with Crippen LogP contribution in [0.25, 0.3) is 59.1 Å². The molecule has 0 bridgehead atoms. The maximum Gasteiger partial charge on any atom is 0.302 e. The number of aromatic nitrogens is 2. The first-order valence-electron chi connectivity index (χ1n) is 18.7. The summed E-state index contributed by atoms with van der Waals surface area (Å²) in [5.74, 6) is 0. The number of hydrogen-bond acceptors (Lipinski definition) is 3. The zero-order chi connectivity index (χ0) is 36.3. The zero-order valence-electron chi connectivity index (χ0n) is 29.9. The summed E-state index contributed by atoms with van der Waals surface area (Å²) in [5.41, 5.74) is 9.10. The Morgan fingerprint density at radius 3 is 1.93 bits per heavy atom. The minimum Gasteiger partial charge on any atom is -0.459 e. The van der Waals surface area contributed by atoms with Crippen LogP contribution in [-0.2, 0) is 6.61 Å². The third-order valence-corrected chi connectivity index (χ3v) is 17.2. The topological polar surface area (TPSA) is 27.1 Å². The van der Waals surface area contributed by atoms with Crippen LogP contribution in [0.5, 0.6) is 6.01 Å². The SMILES string of the molecule is c1ccc([Si](c2ccccc2)(c2cccc(-c3ccc4nc5n(c4c3)-c3ccccc3CO5)c2)c2cccc(-c3cccc4sc5ccccc5c34)c2)cc1. The van der Waals surface area contributed by atoms with Gasteiger partial charge in [-0.15, -0.1) is 11.3 Å². The summed E-state index contributed by atoms with van der Waals surface area (Å²) < 4.78 is 10.9. The predicted molar refractivity (Wildman–Crippen MR) is 233 cm³/mol. The van der Waals surface area contributed by atoms with Gasteiger partial charge in [-0.05, 0) is 73.3 Å². The van der Waals surface area contributed by atoms with Gasteiger partial charge in [-0.1, -0.05) is 164 Å². The van der Waals surface area contributed by atoms with Crippen LogP contribution in [-0.4, -0.2) is 17.6 Å². The van der Waals surface area contributed by atoms with Crippen LogP contribution in [0, 0.1) is 0 Å². The van der Waals surface area contributed by atoms with Gasteiger partial charge >= 0.3 is 6.01 Å². The number of rotatable bonds is 6. The Morgan fingerprint density at radius 2 is 1.13 bits per heavy atom. The number of thiophene rings is 1. The van der Waals surface area contributed by atoms with Gasteiger partial charge in [-0.25, -0.2) is 0 Å². The van der Waals surface area contributed by atoms with Gasteiger partial charge in [0.25, 0.3) is 0 Å². The van der Waals surface area contributed by atoms with E-state index < -0.39 is 8.07 Å². The summed E-state index contributed by atoms with van der Waals surface area (Å²) in [6.45, 7) is 0.528. The number of ether oxygens (including phenoxy) is 1. The van der Waals surface area contributed by atoms with Gasteiger partial charge < -0.3 is 4.74 Å². The smallest absolute Gasteiger partial charge is 0.302 e. The first-order valence-corrected chi connectivity index (χ1v) is 21.5. The fraction of sp³-hybridized carbons (Fsp3) is 0.0200. The van der Waals surface area contributed by atoms with Crippen molar-refractivity contribution in [1.29, 1.82) is 0 Å². The van der Waals surface area contributed by atoms with E-state index in [1.54, 1.807) is 0 Å². The molecule has 0 spiro atoms. The highest BCUT2D eigenvalue weighted by Crippen LogP contribution is 2.40. The molecule has 2 aromatic heterocycles. The van der Waals surface area contributed by atoms with Crippen molar-refractivity contribution in [3.8, 4) is 34.0 Å². The van der Waals surface area contributed by atoms with Gasteiger partial charge in [-0.3, -0.25) is 4.57 Å². The Labute approximate surface area is 324 Å². The Hall–Kier alpha value is -6.53. The molecular formula is C50H34N2OSSi. The monoisotopic (exact) mass is 738 g/mol. The van der Waals surface area contributed by atoms with E-state index in [1.165, 1.54) is 57.6 Å². The van der Waals surface area contributed by atoms with Crippen molar-refractivity contribution in [2.45, 2.75) is 6.61 Å². The molecule has 0 atom stereocenters. The third-order valence-electron chi connectivity index (χ3n) is 11.3. The number of benzene rings is 8. The number of fused-ring (bicyclic) bond motifs is 8.